The van der Waals surface area contributed by atoms with Gasteiger partial charge in [-0.3, -0.25) is 0 Å². The van der Waals surface area contributed by atoms with Crippen LogP contribution >= 0.6 is 0 Å². The SMILES string of the molecule is CON1C2CC3CC(C2)CC1C3. The summed E-state index contributed by atoms with van der Waals surface area (Å²) in [4.78, 5) is 5.46. The van der Waals surface area contributed by atoms with Crippen molar-refractivity contribution in [2.24, 2.45) is 11.8 Å². The third kappa shape index (κ3) is 0.882. The lowest BCUT2D eigenvalue weighted by Crippen LogP contribution is -2.57. The number of piperidine rings is 2. The fourth-order valence-electron chi connectivity index (χ4n) is 3.79. The van der Waals surface area contributed by atoms with Crippen LogP contribution in [0.15, 0.2) is 0 Å². The molecule has 2 nitrogen and oxygen atoms in total. The number of nitrogens with zero attached hydrogens (tertiary/aromatic N) is 1. The highest BCUT2D eigenvalue weighted by atomic mass is 16.7. The molecule has 2 heterocycles. The molecule has 2 saturated heterocycles. The van der Waals surface area contributed by atoms with Crippen molar-refractivity contribution in [3.63, 3.8) is 0 Å². The Morgan fingerprint density at radius 1 is 0.917 bits per heavy atom. The van der Waals surface area contributed by atoms with Gasteiger partial charge in [-0.2, -0.15) is 5.06 Å². The molecule has 68 valence electrons. The van der Waals surface area contributed by atoms with Crippen LogP contribution in [-0.4, -0.2) is 24.3 Å². The van der Waals surface area contributed by atoms with E-state index in [-0.39, 0.29) is 0 Å². The first-order valence-electron chi connectivity index (χ1n) is 5.19. The van der Waals surface area contributed by atoms with Crippen LogP contribution in [0.3, 0.4) is 0 Å². The maximum absolute atomic E-state index is 5.46. The molecule has 2 aliphatic heterocycles. The van der Waals surface area contributed by atoms with E-state index < -0.39 is 0 Å². The van der Waals surface area contributed by atoms with Crippen molar-refractivity contribution >= 4 is 0 Å². The third-order valence-corrected chi connectivity index (χ3v) is 4.02. The summed E-state index contributed by atoms with van der Waals surface area (Å²) in [5, 5.41) is 2.28. The topological polar surface area (TPSA) is 12.5 Å². The molecule has 0 N–H and O–H groups in total. The molecular formula is C10H17NO. The molecule has 2 heteroatoms. The lowest BCUT2D eigenvalue weighted by Gasteiger charge is -2.55. The summed E-state index contributed by atoms with van der Waals surface area (Å²) in [6, 6.07) is 1.54. The number of hydrogen-bond donors (Lipinski definition) is 0. The summed E-state index contributed by atoms with van der Waals surface area (Å²) in [6.07, 6.45) is 7.13. The van der Waals surface area contributed by atoms with Gasteiger partial charge >= 0.3 is 0 Å². The minimum absolute atomic E-state index is 0.770. The van der Waals surface area contributed by atoms with E-state index in [1.54, 1.807) is 0 Å². The Hall–Kier alpha value is -0.0800. The predicted octanol–water partition coefficient (Wildman–Crippen LogP) is 1.81. The van der Waals surface area contributed by atoms with Gasteiger partial charge in [-0.25, -0.2) is 0 Å². The van der Waals surface area contributed by atoms with E-state index in [4.69, 9.17) is 4.84 Å². The van der Waals surface area contributed by atoms with E-state index >= 15 is 0 Å². The molecular weight excluding hydrogens is 150 g/mol. The van der Waals surface area contributed by atoms with Crippen LogP contribution in [0.4, 0.5) is 0 Å². The van der Waals surface area contributed by atoms with Crippen molar-refractivity contribution in [2.75, 3.05) is 7.11 Å². The van der Waals surface area contributed by atoms with E-state index in [1.165, 1.54) is 32.1 Å². The van der Waals surface area contributed by atoms with Gasteiger partial charge in [0.1, 0.15) is 0 Å². The molecule has 4 bridgehead atoms. The zero-order valence-corrected chi connectivity index (χ0v) is 7.70. The molecule has 12 heavy (non-hydrogen) atoms. The van der Waals surface area contributed by atoms with E-state index in [1.807, 2.05) is 7.11 Å². The zero-order chi connectivity index (χ0) is 8.13. The predicted molar refractivity (Wildman–Crippen MR) is 46.5 cm³/mol. The van der Waals surface area contributed by atoms with Gasteiger partial charge < -0.3 is 4.84 Å². The van der Waals surface area contributed by atoms with Gasteiger partial charge in [-0.05, 0) is 43.9 Å². The lowest BCUT2D eigenvalue weighted by atomic mass is 9.64. The summed E-state index contributed by atoms with van der Waals surface area (Å²) >= 11 is 0. The second kappa shape index (κ2) is 2.46. The van der Waals surface area contributed by atoms with E-state index in [0.29, 0.717) is 0 Å². The standard InChI is InChI=1S/C10H17NO/c1-12-11-9-3-7-2-8(5-9)6-10(11)4-7/h7-10H,2-6H2,1H3. The highest BCUT2D eigenvalue weighted by Crippen LogP contribution is 2.48. The van der Waals surface area contributed by atoms with Gasteiger partial charge in [0, 0.05) is 12.1 Å². The Morgan fingerprint density at radius 3 is 1.83 bits per heavy atom. The first kappa shape index (κ1) is 7.34. The van der Waals surface area contributed by atoms with Gasteiger partial charge in [0.15, 0.2) is 0 Å². The first-order chi connectivity index (χ1) is 5.86. The third-order valence-electron chi connectivity index (χ3n) is 4.02. The van der Waals surface area contributed by atoms with Crippen LogP contribution in [0, 0.1) is 11.8 Å². The highest BCUT2D eigenvalue weighted by molar-refractivity contribution is 4.98. The maximum atomic E-state index is 5.46. The summed E-state index contributed by atoms with van der Waals surface area (Å²) in [6.45, 7) is 0. The molecule has 4 rings (SSSR count). The number of rotatable bonds is 1. The van der Waals surface area contributed by atoms with Crippen LogP contribution < -0.4 is 0 Å². The fourth-order valence-corrected chi connectivity index (χ4v) is 3.79. The quantitative estimate of drug-likeness (QED) is 0.590. The summed E-state index contributed by atoms with van der Waals surface area (Å²) in [5.41, 5.74) is 0. The fraction of sp³-hybridized carbons (Fsp3) is 1.00. The Bertz CT molecular complexity index is 164. The molecule has 0 spiro atoms. The van der Waals surface area contributed by atoms with Crippen LogP contribution in [-0.2, 0) is 4.84 Å². The van der Waals surface area contributed by atoms with Crippen molar-refractivity contribution in [3.05, 3.63) is 0 Å². The lowest BCUT2D eigenvalue weighted by molar-refractivity contribution is -0.250. The van der Waals surface area contributed by atoms with Crippen LogP contribution in [0.25, 0.3) is 0 Å². The Kier molecular flexibility index (Phi) is 1.50. The van der Waals surface area contributed by atoms with E-state index in [0.717, 1.165) is 23.9 Å². The van der Waals surface area contributed by atoms with Gasteiger partial charge in [-0.15, -0.1) is 0 Å². The summed E-state index contributed by atoms with van der Waals surface area (Å²) < 4.78 is 0. The van der Waals surface area contributed by atoms with Gasteiger partial charge in [-0.1, -0.05) is 0 Å². The number of hydroxylamine groups is 2. The van der Waals surface area contributed by atoms with Gasteiger partial charge in [0.25, 0.3) is 0 Å². The minimum Gasteiger partial charge on any atom is -0.302 e. The highest BCUT2D eigenvalue weighted by Gasteiger charge is 2.47. The van der Waals surface area contributed by atoms with Gasteiger partial charge in [0.2, 0.25) is 0 Å². The normalized spacial score (nSPS) is 51.8. The molecule has 2 aliphatic carbocycles. The minimum atomic E-state index is 0.770. The molecule has 0 amide bonds. The molecule has 0 atom stereocenters. The summed E-state index contributed by atoms with van der Waals surface area (Å²) in [5.74, 6) is 2.08. The maximum Gasteiger partial charge on any atom is 0.0575 e. The van der Waals surface area contributed by atoms with E-state index in [9.17, 15) is 0 Å². The molecule has 0 aromatic heterocycles. The molecule has 4 fully saturated rings. The van der Waals surface area contributed by atoms with Crippen molar-refractivity contribution in [1.29, 1.82) is 0 Å². The Morgan fingerprint density at radius 2 is 1.42 bits per heavy atom. The Labute approximate surface area is 73.8 Å². The second-order valence-electron chi connectivity index (χ2n) is 4.76. The average molecular weight is 167 g/mol. The molecule has 0 aromatic carbocycles. The first-order valence-corrected chi connectivity index (χ1v) is 5.19. The van der Waals surface area contributed by atoms with Crippen molar-refractivity contribution in [1.82, 2.24) is 5.06 Å². The van der Waals surface area contributed by atoms with Gasteiger partial charge in [0.05, 0.1) is 7.11 Å². The van der Waals surface area contributed by atoms with Crippen molar-refractivity contribution < 1.29 is 4.84 Å². The molecule has 0 aromatic rings. The van der Waals surface area contributed by atoms with E-state index in [2.05, 4.69) is 5.06 Å². The molecule has 0 unspecified atom stereocenters. The average Bonchev–Trinajstić information content (AvgIpc) is 2.02. The molecule has 2 saturated carbocycles. The Balaban J connectivity index is 1.86. The summed E-state index contributed by atoms with van der Waals surface area (Å²) in [7, 11) is 1.84. The monoisotopic (exact) mass is 167 g/mol. The smallest absolute Gasteiger partial charge is 0.0575 e. The molecule has 4 aliphatic rings. The van der Waals surface area contributed by atoms with Crippen LogP contribution in [0.1, 0.15) is 32.1 Å². The zero-order valence-electron chi connectivity index (χ0n) is 7.70. The number of hydrogen-bond acceptors (Lipinski definition) is 2. The second-order valence-corrected chi connectivity index (χ2v) is 4.76. The van der Waals surface area contributed by atoms with Crippen LogP contribution in [0.2, 0.25) is 0 Å². The van der Waals surface area contributed by atoms with Crippen molar-refractivity contribution in [3.8, 4) is 0 Å². The van der Waals surface area contributed by atoms with Crippen molar-refractivity contribution in [2.45, 2.75) is 44.2 Å². The largest absolute Gasteiger partial charge is 0.302 e. The van der Waals surface area contributed by atoms with Crippen LogP contribution in [0.5, 0.6) is 0 Å². The molecule has 0 radical (unpaired) electrons.